The number of hydrogen-bond donors (Lipinski definition) is 2. The van der Waals surface area contributed by atoms with E-state index in [9.17, 15) is 9.18 Å². The Morgan fingerprint density at radius 3 is 2.85 bits per heavy atom. The number of hydrogen-bond acceptors (Lipinski definition) is 2. The third kappa shape index (κ3) is 3.81. The maximum Gasteiger partial charge on any atom is 0.320 e. The Kier molecular flexibility index (Phi) is 4.34. The van der Waals surface area contributed by atoms with Crippen molar-refractivity contribution in [2.24, 2.45) is 7.05 Å². The molecule has 2 amide bonds. The number of aromatic nitrogens is 2. The first-order chi connectivity index (χ1) is 9.54. The lowest BCUT2D eigenvalue weighted by Crippen LogP contribution is -2.31. The fraction of sp³-hybridized carbons (Fsp3) is 0.286. The molecule has 1 aromatic heterocycles. The van der Waals surface area contributed by atoms with Gasteiger partial charge in [0.25, 0.3) is 0 Å². The molecule has 20 heavy (non-hydrogen) atoms. The van der Waals surface area contributed by atoms with Crippen molar-refractivity contribution >= 4 is 11.8 Å². The summed E-state index contributed by atoms with van der Waals surface area (Å²) >= 11 is 0. The van der Waals surface area contributed by atoms with E-state index >= 15 is 0 Å². The van der Waals surface area contributed by atoms with Gasteiger partial charge in [-0.05, 0) is 31.0 Å². The Hall–Kier alpha value is -2.37. The van der Waals surface area contributed by atoms with Crippen molar-refractivity contribution in [3.05, 3.63) is 47.4 Å². The van der Waals surface area contributed by atoms with Gasteiger partial charge < -0.3 is 5.32 Å². The standard InChI is InChI=1S/C14H17FN4O/c1-10-8-13(19(2)18-10)17-14(20)16-7-6-11-4-3-5-12(15)9-11/h3-5,8-9H,6-7H2,1-2H3,(H2,16,17,20). The molecule has 0 aliphatic rings. The summed E-state index contributed by atoms with van der Waals surface area (Å²) in [5.74, 6) is 0.364. The fourth-order valence-corrected chi connectivity index (χ4v) is 1.90. The zero-order chi connectivity index (χ0) is 14.5. The molecule has 0 saturated heterocycles. The Morgan fingerprint density at radius 2 is 2.20 bits per heavy atom. The van der Waals surface area contributed by atoms with Gasteiger partial charge in [-0.25, -0.2) is 9.18 Å². The number of urea groups is 1. The molecule has 1 heterocycles. The molecule has 0 unspecified atom stereocenters. The van der Waals surface area contributed by atoms with Crippen LogP contribution in [0.15, 0.2) is 30.3 Å². The fourth-order valence-electron chi connectivity index (χ4n) is 1.90. The molecule has 0 atom stereocenters. The van der Waals surface area contributed by atoms with Crippen LogP contribution in [0, 0.1) is 12.7 Å². The number of benzene rings is 1. The van der Waals surface area contributed by atoms with Crippen LogP contribution in [0.2, 0.25) is 0 Å². The molecule has 2 rings (SSSR count). The molecule has 0 radical (unpaired) electrons. The molecule has 1 aromatic carbocycles. The Morgan fingerprint density at radius 1 is 1.40 bits per heavy atom. The van der Waals surface area contributed by atoms with Crippen molar-refractivity contribution in [3.63, 3.8) is 0 Å². The number of amides is 2. The van der Waals surface area contributed by atoms with Crippen molar-refractivity contribution in [1.29, 1.82) is 0 Å². The molecule has 0 saturated carbocycles. The van der Waals surface area contributed by atoms with Gasteiger partial charge in [-0.1, -0.05) is 12.1 Å². The lowest BCUT2D eigenvalue weighted by Gasteiger charge is -2.07. The maximum absolute atomic E-state index is 13.0. The highest BCUT2D eigenvalue weighted by molar-refractivity contribution is 5.88. The highest BCUT2D eigenvalue weighted by Crippen LogP contribution is 2.07. The van der Waals surface area contributed by atoms with Crippen molar-refractivity contribution < 1.29 is 9.18 Å². The summed E-state index contributed by atoms with van der Waals surface area (Å²) < 4.78 is 14.6. The molecule has 0 aliphatic heterocycles. The monoisotopic (exact) mass is 276 g/mol. The topological polar surface area (TPSA) is 59.0 Å². The van der Waals surface area contributed by atoms with E-state index in [1.807, 2.05) is 13.0 Å². The van der Waals surface area contributed by atoms with Crippen LogP contribution in [0.3, 0.4) is 0 Å². The summed E-state index contributed by atoms with van der Waals surface area (Å²) in [6.07, 6.45) is 0.579. The SMILES string of the molecule is Cc1cc(NC(=O)NCCc2cccc(F)c2)n(C)n1. The molecule has 0 bridgehead atoms. The quantitative estimate of drug-likeness (QED) is 0.899. The average molecular weight is 276 g/mol. The van der Waals surface area contributed by atoms with Crippen molar-refractivity contribution in [1.82, 2.24) is 15.1 Å². The van der Waals surface area contributed by atoms with Crippen LogP contribution in [0.25, 0.3) is 0 Å². The molecule has 0 aliphatic carbocycles. The maximum atomic E-state index is 13.0. The van der Waals surface area contributed by atoms with Crippen LogP contribution < -0.4 is 10.6 Å². The first-order valence-corrected chi connectivity index (χ1v) is 6.34. The molecule has 0 spiro atoms. The van der Waals surface area contributed by atoms with Gasteiger partial charge in [0.1, 0.15) is 11.6 Å². The van der Waals surface area contributed by atoms with Crippen LogP contribution in [0.5, 0.6) is 0 Å². The van der Waals surface area contributed by atoms with Gasteiger partial charge in [-0.2, -0.15) is 5.10 Å². The van der Waals surface area contributed by atoms with Crippen molar-refractivity contribution in [3.8, 4) is 0 Å². The number of nitrogens with zero attached hydrogens (tertiary/aromatic N) is 2. The second-order valence-electron chi connectivity index (χ2n) is 4.56. The molecule has 5 nitrogen and oxygen atoms in total. The first-order valence-electron chi connectivity index (χ1n) is 6.34. The Labute approximate surface area is 116 Å². The minimum absolute atomic E-state index is 0.266. The molecular weight excluding hydrogens is 259 g/mol. The lowest BCUT2D eigenvalue weighted by molar-refractivity contribution is 0.252. The van der Waals surface area contributed by atoms with Gasteiger partial charge >= 0.3 is 6.03 Å². The van der Waals surface area contributed by atoms with Gasteiger partial charge in [0.15, 0.2) is 0 Å². The summed E-state index contributed by atoms with van der Waals surface area (Å²) in [5.41, 5.74) is 1.68. The van der Waals surface area contributed by atoms with Crippen LogP contribution >= 0.6 is 0 Å². The number of rotatable bonds is 4. The second-order valence-corrected chi connectivity index (χ2v) is 4.56. The van der Waals surface area contributed by atoms with Gasteiger partial charge in [-0.3, -0.25) is 10.00 Å². The minimum atomic E-state index is -0.301. The number of anilines is 1. The van der Waals surface area contributed by atoms with E-state index in [0.29, 0.717) is 18.8 Å². The third-order valence-corrected chi connectivity index (χ3v) is 2.83. The van der Waals surface area contributed by atoms with Crippen molar-refractivity contribution in [2.75, 3.05) is 11.9 Å². The highest BCUT2D eigenvalue weighted by atomic mass is 19.1. The largest absolute Gasteiger partial charge is 0.337 e. The Bertz CT molecular complexity index is 609. The van der Waals surface area contributed by atoms with Gasteiger partial charge in [0.05, 0.1) is 5.69 Å². The normalized spacial score (nSPS) is 10.3. The predicted molar refractivity (Wildman–Crippen MR) is 75.1 cm³/mol. The molecule has 2 aromatic rings. The van der Waals surface area contributed by atoms with E-state index in [1.54, 1.807) is 23.9 Å². The summed E-state index contributed by atoms with van der Waals surface area (Å²) in [6, 6.07) is 7.82. The van der Waals surface area contributed by atoms with E-state index < -0.39 is 0 Å². The molecule has 0 fully saturated rings. The number of halogens is 1. The molecule has 2 N–H and O–H groups in total. The summed E-state index contributed by atoms with van der Waals surface area (Å²) in [5, 5.41) is 9.56. The van der Waals surface area contributed by atoms with Crippen LogP contribution in [-0.2, 0) is 13.5 Å². The summed E-state index contributed by atoms with van der Waals surface area (Å²) in [6.45, 7) is 2.29. The Balaban J connectivity index is 1.79. The van der Waals surface area contributed by atoms with Crippen molar-refractivity contribution in [2.45, 2.75) is 13.3 Å². The summed E-state index contributed by atoms with van der Waals surface area (Å²) in [4.78, 5) is 11.7. The third-order valence-electron chi connectivity index (χ3n) is 2.83. The smallest absolute Gasteiger partial charge is 0.320 e. The predicted octanol–water partition coefficient (Wildman–Crippen LogP) is 2.23. The number of nitrogens with one attached hydrogen (secondary N) is 2. The number of carbonyl (C=O) groups excluding carboxylic acids is 1. The summed E-state index contributed by atoms with van der Waals surface area (Å²) in [7, 11) is 1.76. The lowest BCUT2D eigenvalue weighted by atomic mass is 10.1. The van der Waals surface area contributed by atoms with E-state index in [2.05, 4.69) is 15.7 Å². The van der Waals surface area contributed by atoms with Gasteiger partial charge in [-0.15, -0.1) is 0 Å². The minimum Gasteiger partial charge on any atom is -0.337 e. The van der Waals surface area contributed by atoms with E-state index in [-0.39, 0.29) is 11.8 Å². The highest BCUT2D eigenvalue weighted by Gasteiger charge is 2.06. The molecule has 106 valence electrons. The van der Waals surface area contributed by atoms with E-state index in [4.69, 9.17) is 0 Å². The molecule has 6 heteroatoms. The average Bonchev–Trinajstić information content (AvgIpc) is 2.68. The number of carbonyl (C=O) groups is 1. The van der Waals surface area contributed by atoms with Crippen LogP contribution in [0.4, 0.5) is 15.0 Å². The van der Waals surface area contributed by atoms with Crippen LogP contribution in [-0.4, -0.2) is 22.4 Å². The van der Waals surface area contributed by atoms with E-state index in [0.717, 1.165) is 11.3 Å². The zero-order valence-electron chi connectivity index (χ0n) is 11.5. The van der Waals surface area contributed by atoms with Crippen LogP contribution in [0.1, 0.15) is 11.3 Å². The van der Waals surface area contributed by atoms with Gasteiger partial charge in [0, 0.05) is 19.7 Å². The second kappa shape index (κ2) is 6.18. The molecular formula is C14H17FN4O. The van der Waals surface area contributed by atoms with E-state index in [1.165, 1.54) is 12.1 Å². The first kappa shape index (κ1) is 14.0. The number of aryl methyl sites for hydroxylation is 2. The van der Waals surface area contributed by atoms with Gasteiger partial charge in [0.2, 0.25) is 0 Å². The zero-order valence-corrected chi connectivity index (χ0v) is 11.5.